The van der Waals surface area contributed by atoms with Crippen LogP contribution >= 0.6 is 0 Å². The molecule has 1 N–H and O–H groups in total. The molecule has 1 aromatic carbocycles. The second kappa shape index (κ2) is 6.70. The first kappa shape index (κ1) is 14.9. The molecule has 0 heterocycles. The summed E-state index contributed by atoms with van der Waals surface area (Å²) in [5.41, 5.74) is 0.147. The van der Waals surface area contributed by atoms with Crippen molar-refractivity contribution < 1.29 is 27.4 Å². The van der Waals surface area contributed by atoms with Gasteiger partial charge >= 0.3 is 0 Å². The highest BCUT2D eigenvalue weighted by atomic mass is 19.3. The molecule has 0 aromatic heterocycles. The van der Waals surface area contributed by atoms with Crippen molar-refractivity contribution in [2.45, 2.75) is 25.9 Å². The fourth-order valence-corrected chi connectivity index (χ4v) is 1.46. The van der Waals surface area contributed by atoms with Gasteiger partial charge in [0.2, 0.25) is 0 Å². The van der Waals surface area contributed by atoms with Crippen LogP contribution in [0.15, 0.2) is 12.1 Å². The van der Waals surface area contributed by atoms with E-state index in [2.05, 4.69) is 4.74 Å². The molecule has 0 saturated carbocycles. The molecule has 0 aliphatic heterocycles. The number of aliphatic hydroxyl groups excluding tert-OH is 1. The summed E-state index contributed by atoms with van der Waals surface area (Å²) in [6.45, 7) is 0.595. The predicted octanol–water partition coefficient (Wildman–Crippen LogP) is 2.98. The van der Waals surface area contributed by atoms with E-state index in [-0.39, 0.29) is 24.2 Å². The molecule has 0 amide bonds. The average molecular weight is 266 g/mol. The number of hydrogen-bond acceptors (Lipinski definition) is 2. The van der Waals surface area contributed by atoms with Crippen LogP contribution in [0, 0.1) is 18.6 Å². The van der Waals surface area contributed by atoms with Gasteiger partial charge in [0.1, 0.15) is 18.2 Å². The molecule has 1 aromatic rings. The van der Waals surface area contributed by atoms with E-state index in [1.165, 1.54) is 13.0 Å². The van der Waals surface area contributed by atoms with Gasteiger partial charge in [-0.1, -0.05) is 0 Å². The highest BCUT2D eigenvalue weighted by molar-refractivity contribution is 5.27. The van der Waals surface area contributed by atoms with E-state index in [0.29, 0.717) is 6.07 Å². The number of hydrogen-bond donors (Lipinski definition) is 1. The zero-order valence-electron chi connectivity index (χ0n) is 9.80. The third-order valence-electron chi connectivity index (χ3n) is 2.42. The molecule has 6 heteroatoms. The Morgan fingerprint density at radius 1 is 1.22 bits per heavy atom. The molecule has 1 unspecified atom stereocenters. The maximum absolute atomic E-state index is 13.4. The zero-order chi connectivity index (χ0) is 13.7. The van der Waals surface area contributed by atoms with E-state index < -0.39 is 30.8 Å². The standard InChI is InChI=1S/C12H14F4O2/c1-7-4-8(10(14)5-9(7)13)11(17)2-3-18-6-12(15)16/h4-5,11-12,17H,2-3,6H2,1H3. The minimum atomic E-state index is -2.58. The van der Waals surface area contributed by atoms with Gasteiger partial charge in [0.15, 0.2) is 0 Å². The number of ether oxygens (including phenoxy) is 1. The Morgan fingerprint density at radius 3 is 2.50 bits per heavy atom. The highest BCUT2D eigenvalue weighted by Gasteiger charge is 2.15. The lowest BCUT2D eigenvalue weighted by molar-refractivity contribution is 0.00446. The van der Waals surface area contributed by atoms with Crippen LogP contribution in [0.1, 0.15) is 23.7 Å². The summed E-state index contributed by atoms with van der Waals surface area (Å²) in [5, 5.41) is 9.65. The van der Waals surface area contributed by atoms with Crippen molar-refractivity contribution >= 4 is 0 Å². The quantitative estimate of drug-likeness (QED) is 0.633. The van der Waals surface area contributed by atoms with Gasteiger partial charge in [-0.3, -0.25) is 0 Å². The second-order valence-electron chi connectivity index (χ2n) is 3.89. The van der Waals surface area contributed by atoms with Crippen LogP contribution < -0.4 is 0 Å². The molecule has 0 spiro atoms. The summed E-state index contributed by atoms with van der Waals surface area (Å²) >= 11 is 0. The van der Waals surface area contributed by atoms with Crippen molar-refractivity contribution in [2.75, 3.05) is 13.2 Å². The topological polar surface area (TPSA) is 29.5 Å². The summed E-state index contributed by atoms with van der Waals surface area (Å²) in [7, 11) is 0. The van der Waals surface area contributed by atoms with Crippen LogP contribution in [-0.2, 0) is 4.74 Å². The van der Waals surface area contributed by atoms with E-state index in [9.17, 15) is 22.7 Å². The number of halogens is 4. The SMILES string of the molecule is Cc1cc(C(O)CCOCC(F)F)c(F)cc1F. The maximum atomic E-state index is 13.4. The summed E-state index contributed by atoms with van der Waals surface area (Å²) in [4.78, 5) is 0. The molecular weight excluding hydrogens is 252 g/mol. The molecular formula is C12H14F4O2. The summed E-state index contributed by atoms with van der Waals surface area (Å²) < 4.78 is 54.4. The highest BCUT2D eigenvalue weighted by Crippen LogP contribution is 2.23. The van der Waals surface area contributed by atoms with Gasteiger partial charge in [0.05, 0.1) is 6.10 Å². The van der Waals surface area contributed by atoms with Crippen LogP contribution in [0.2, 0.25) is 0 Å². The number of rotatable bonds is 6. The van der Waals surface area contributed by atoms with E-state index >= 15 is 0 Å². The first-order chi connectivity index (χ1) is 8.41. The van der Waals surface area contributed by atoms with Crippen LogP contribution in [0.25, 0.3) is 0 Å². The van der Waals surface area contributed by atoms with Gasteiger partial charge in [-0.2, -0.15) is 0 Å². The number of alkyl halides is 2. The third kappa shape index (κ3) is 4.27. The molecule has 18 heavy (non-hydrogen) atoms. The van der Waals surface area contributed by atoms with Gasteiger partial charge in [-0.05, 0) is 18.6 Å². The fraction of sp³-hybridized carbons (Fsp3) is 0.500. The van der Waals surface area contributed by atoms with Crippen LogP contribution in [0.5, 0.6) is 0 Å². The van der Waals surface area contributed by atoms with Crippen molar-refractivity contribution in [3.63, 3.8) is 0 Å². The Morgan fingerprint density at radius 2 is 1.89 bits per heavy atom. The summed E-state index contributed by atoms with van der Waals surface area (Å²) in [5.74, 6) is -1.56. The summed E-state index contributed by atoms with van der Waals surface area (Å²) in [6.07, 6.45) is -3.82. The van der Waals surface area contributed by atoms with Crippen LogP contribution in [0.4, 0.5) is 17.6 Å². The molecule has 0 radical (unpaired) electrons. The van der Waals surface area contributed by atoms with Crippen molar-refractivity contribution in [3.8, 4) is 0 Å². The number of aliphatic hydroxyl groups is 1. The minimum Gasteiger partial charge on any atom is -0.388 e. The van der Waals surface area contributed by atoms with Gasteiger partial charge < -0.3 is 9.84 Å². The smallest absolute Gasteiger partial charge is 0.261 e. The average Bonchev–Trinajstić information content (AvgIpc) is 2.28. The number of aryl methyl sites for hydroxylation is 1. The van der Waals surface area contributed by atoms with Crippen molar-refractivity contribution in [3.05, 3.63) is 34.9 Å². The largest absolute Gasteiger partial charge is 0.388 e. The normalized spacial score (nSPS) is 13.1. The molecule has 0 fully saturated rings. The van der Waals surface area contributed by atoms with E-state index in [4.69, 9.17) is 0 Å². The molecule has 0 aliphatic rings. The lowest BCUT2D eigenvalue weighted by Gasteiger charge is -2.13. The Hall–Kier alpha value is -1.14. The lowest BCUT2D eigenvalue weighted by atomic mass is 10.0. The monoisotopic (exact) mass is 266 g/mol. The fourth-order valence-electron chi connectivity index (χ4n) is 1.46. The van der Waals surface area contributed by atoms with E-state index in [1.807, 2.05) is 0 Å². The molecule has 0 saturated heterocycles. The van der Waals surface area contributed by atoms with E-state index in [0.717, 1.165) is 0 Å². The summed E-state index contributed by atoms with van der Waals surface area (Å²) in [6, 6.07) is 1.89. The molecule has 2 nitrogen and oxygen atoms in total. The third-order valence-corrected chi connectivity index (χ3v) is 2.42. The van der Waals surface area contributed by atoms with Crippen LogP contribution in [0.3, 0.4) is 0 Å². The molecule has 1 atom stereocenters. The first-order valence-corrected chi connectivity index (χ1v) is 5.41. The van der Waals surface area contributed by atoms with Crippen molar-refractivity contribution in [1.29, 1.82) is 0 Å². The predicted molar refractivity (Wildman–Crippen MR) is 57.5 cm³/mol. The van der Waals surface area contributed by atoms with Crippen LogP contribution in [-0.4, -0.2) is 24.7 Å². The number of benzene rings is 1. The Bertz CT molecular complexity index is 396. The van der Waals surface area contributed by atoms with Gasteiger partial charge in [-0.25, -0.2) is 17.6 Å². The van der Waals surface area contributed by atoms with E-state index in [1.54, 1.807) is 0 Å². The Balaban J connectivity index is 2.56. The van der Waals surface area contributed by atoms with Gasteiger partial charge in [0.25, 0.3) is 6.43 Å². The van der Waals surface area contributed by atoms with Crippen molar-refractivity contribution in [1.82, 2.24) is 0 Å². The second-order valence-corrected chi connectivity index (χ2v) is 3.89. The Labute approximate surface area is 102 Å². The molecule has 0 aliphatic carbocycles. The van der Waals surface area contributed by atoms with Crippen molar-refractivity contribution in [2.24, 2.45) is 0 Å². The molecule has 1 rings (SSSR count). The zero-order valence-corrected chi connectivity index (χ0v) is 9.80. The van der Waals surface area contributed by atoms with Gasteiger partial charge in [-0.15, -0.1) is 0 Å². The first-order valence-electron chi connectivity index (χ1n) is 5.41. The van der Waals surface area contributed by atoms with Gasteiger partial charge in [0, 0.05) is 24.7 Å². The Kier molecular flexibility index (Phi) is 5.55. The molecule has 0 bridgehead atoms. The lowest BCUT2D eigenvalue weighted by Crippen LogP contribution is -2.10. The molecule has 102 valence electrons. The minimum absolute atomic E-state index is 0.0330. The maximum Gasteiger partial charge on any atom is 0.261 e.